The lowest BCUT2D eigenvalue weighted by atomic mass is 9.98. The second-order valence-electron chi connectivity index (χ2n) is 5.53. The number of aromatic nitrogens is 1. The molecule has 2 nitrogen and oxygen atoms in total. The highest BCUT2D eigenvalue weighted by Gasteiger charge is 2.18. The van der Waals surface area contributed by atoms with E-state index in [9.17, 15) is 0 Å². The molecule has 1 N–H and O–H groups in total. The molecule has 0 aliphatic carbocycles. The molecule has 3 rings (SSSR count). The summed E-state index contributed by atoms with van der Waals surface area (Å²) in [6, 6.07) is 6.86. The van der Waals surface area contributed by atoms with Crippen molar-refractivity contribution >= 4 is 23.3 Å². The molecule has 0 amide bonds. The number of fused-ring (bicyclic) bond motifs is 3. The standard InChI is InChI=1S/C15H20N2.ClH/c1-10(2)11-4-5-14-12(8-11)13-9-17(3)7-6-15(13)16-14;/h4-5,8,10,16H,6-7,9H2,1-3H3;1H. The molecule has 0 atom stereocenters. The van der Waals surface area contributed by atoms with Gasteiger partial charge >= 0.3 is 0 Å². The van der Waals surface area contributed by atoms with Crippen LogP contribution >= 0.6 is 12.4 Å². The highest BCUT2D eigenvalue weighted by atomic mass is 35.5. The maximum Gasteiger partial charge on any atom is 0.0459 e. The lowest BCUT2D eigenvalue weighted by Gasteiger charge is -2.22. The first kappa shape index (κ1) is 13.4. The van der Waals surface area contributed by atoms with E-state index in [4.69, 9.17) is 0 Å². The Morgan fingerprint density at radius 1 is 1.28 bits per heavy atom. The number of halogens is 1. The molecule has 0 fully saturated rings. The summed E-state index contributed by atoms with van der Waals surface area (Å²) in [7, 11) is 2.20. The summed E-state index contributed by atoms with van der Waals surface area (Å²) in [5.74, 6) is 0.603. The van der Waals surface area contributed by atoms with Gasteiger partial charge in [-0.1, -0.05) is 19.9 Å². The van der Waals surface area contributed by atoms with Crippen molar-refractivity contribution in [3.8, 4) is 0 Å². The van der Waals surface area contributed by atoms with Gasteiger partial charge < -0.3 is 9.88 Å². The number of nitrogens with zero attached hydrogens (tertiary/aromatic N) is 1. The zero-order chi connectivity index (χ0) is 12.0. The minimum atomic E-state index is 0. The van der Waals surface area contributed by atoms with Gasteiger partial charge in [-0.2, -0.15) is 0 Å². The summed E-state index contributed by atoms with van der Waals surface area (Å²) in [5.41, 5.74) is 5.69. The number of aromatic amines is 1. The zero-order valence-corrected chi connectivity index (χ0v) is 12.1. The first-order valence-electron chi connectivity index (χ1n) is 6.47. The van der Waals surface area contributed by atoms with Gasteiger partial charge in [-0.3, -0.25) is 0 Å². The Kier molecular flexibility index (Phi) is 3.69. The Hall–Kier alpha value is -0.990. The van der Waals surface area contributed by atoms with Crippen LogP contribution < -0.4 is 0 Å². The number of benzene rings is 1. The van der Waals surface area contributed by atoms with Gasteiger partial charge in [-0.05, 0) is 36.2 Å². The average Bonchev–Trinajstić information content (AvgIpc) is 2.66. The molecule has 1 aliphatic rings. The van der Waals surface area contributed by atoms with Gasteiger partial charge in [-0.15, -0.1) is 12.4 Å². The van der Waals surface area contributed by atoms with Gasteiger partial charge in [0.25, 0.3) is 0 Å². The van der Waals surface area contributed by atoms with Crippen LogP contribution in [0.2, 0.25) is 0 Å². The second kappa shape index (κ2) is 4.94. The van der Waals surface area contributed by atoms with E-state index in [1.54, 1.807) is 0 Å². The van der Waals surface area contributed by atoms with Crippen LogP contribution in [0, 0.1) is 0 Å². The van der Waals surface area contributed by atoms with E-state index >= 15 is 0 Å². The quantitative estimate of drug-likeness (QED) is 0.832. The van der Waals surface area contributed by atoms with Crippen LogP contribution in [-0.4, -0.2) is 23.5 Å². The first-order valence-corrected chi connectivity index (χ1v) is 6.47. The van der Waals surface area contributed by atoms with E-state index in [1.165, 1.54) is 27.7 Å². The van der Waals surface area contributed by atoms with E-state index in [0.717, 1.165) is 19.5 Å². The fraction of sp³-hybridized carbons (Fsp3) is 0.467. The van der Waals surface area contributed by atoms with Crippen molar-refractivity contribution in [2.45, 2.75) is 32.7 Å². The zero-order valence-electron chi connectivity index (χ0n) is 11.3. The maximum absolute atomic E-state index is 3.58. The van der Waals surface area contributed by atoms with Gasteiger partial charge in [0.1, 0.15) is 0 Å². The predicted molar refractivity (Wildman–Crippen MR) is 79.7 cm³/mol. The molecule has 1 aromatic heterocycles. The minimum absolute atomic E-state index is 0. The lowest BCUT2D eigenvalue weighted by molar-refractivity contribution is 0.313. The summed E-state index contributed by atoms with van der Waals surface area (Å²) < 4.78 is 0. The molecule has 0 bridgehead atoms. The van der Waals surface area contributed by atoms with Crippen LogP contribution in [0.3, 0.4) is 0 Å². The number of nitrogens with one attached hydrogen (secondary N) is 1. The van der Waals surface area contributed by atoms with Crippen LogP contribution in [0.5, 0.6) is 0 Å². The van der Waals surface area contributed by atoms with Crippen LogP contribution in [0.15, 0.2) is 18.2 Å². The van der Waals surface area contributed by atoms with Gasteiger partial charge in [0, 0.05) is 36.1 Å². The number of H-pyrrole nitrogens is 1. The van der Waals surface area contributed by atoms with E-state index in [0.29, 0.717) is 5.92 Å². The van der Waals surface area contributed by atoms with Crippen LogP contribution in [0.1, 0.15) is 36.6 Å². The lowest BCUT2D eigenvalue weighted by Crippen LogP contribution is -2.26. The molecule has 0 unspecified atom stereocenters. The van der Waals surface area contributed by atoms with E-state index in [2.05, 4.69) is 49.0 Å². The summed E-state index contributed by atoms with van der Waals surface area (Å²) in [5, 5.41) is 1.43. The molecular formula is C15H21ClN2. The Balaban J connectivity index is 0.00000120. The summed E-state index contributed by atoms with van der Waals surface area (Å²) in [6.45, 7) is 6.76. The second-order valence-corrected chi connectivity index (χ2v) is 5.53. The number of likely N-dealkylation sites (N-methyl/N-ethyl adjacent to an activating group) is 1. The molecule has 3 heteroatoms. The van der Waals surface area contributed by atoms with E-state index < -0.39 is 0 Å². The molecule has 2 aromatic rings. The van der Waals surface area contributed by atoms with Gasteiger partial charge in [0.2, 0.25) is 0 Å². The third-order valence-corrected chi connectivity index (χ3v) is 3.86. The third kappa shape index (κ3) is 2.15. The molecule has 0 spiro atoms. The topological polar surface area (TPSA) is 19.0 Å². The van der Waals surface area contributed by atoms with Crippen molar-refractivity contribution in [2.24, 2.45) is 0 Å². The normalized spacial score (nSPS) is 15.8. The van der Waals surface area contributed by atoms with Crippen molar-refractivity contribution in [1.29, 1.82) is 0 Å². The van der Waals surface area contributed by atoms with Gasteiger partial charge in [-0.25, -0.2) is 0 Å². The fourth-order valence-electron chi connectivity index (χ4n) is 2.73. The van der Waals surface area contributed by atoms with Crippen molar-refractivity contribution in [2.75, 3.05) is 13.6 Å². The highest BCUT2D eigenvalue weighted by molar-refractivity contribution is 5.86. The Bertz CT molecular complexity index is 557. The van der Waals surface area contributed by atoms with E-state index in [-0.39, 0.29) is 12.4 Å². The molecule has 18 heavy (non-hydrogen) atoms. The Labute approximate surface area is 115 Å². The number of rotatable bonds is 1. The predicted octanol–water partition coefficient (Wildman–Crippen LogP) is 3.70. The minimum Gasteiger partial charge on any atom is -0.358 e. The van der Waals surface area contributed by atoms with Crippen LogP contribution in [0.25, 0.3) is 10.9 Å². The Morgan fingerprint density at radius 2 is 2.06 bits per heavy atom. The molecule has 0 radical (unpaired) electrons. The molecule has 2 heterocycles. The average molecular weight is 265 g/mol. The Morgan fingerprint density at radius 3 is 2.78 bits per heavy atom. The molecule has 1 aliphatic heterocycles. The molecule has 1 aromatic carbocycles. The monoisotopic (exact) mass is 264 g/mol. The summed E-state index contributed by atoms with van der Waals surface area (Å²) in [4.78, 5) is 5.98. The van der Waals surface area contributed by atoms with Crippen molar-refractivity contribution in [3.63, 3.8) is 0 Å². The first-order chi connectivity index (χ1) is 8.15. The van der Waals surface area contributed by atoms with Gasteiger partial charge in [0.15, 0.2) is 0 Å². The van der Waals surface area contributed by atoms with Crippen molar-refractivity contribution < 1.29 is 0 Å². The van der Waals surface area contributed by atoms with Crippen molar-refractivity contribution in [1.82, 2.24) is 9.88 Å². The summed E-state index contributed by atoms with van der Waals surface area (Å²) in [6.07, 6.45) is 1.15. The molecule has 0 saturated carbocycles. The van der Waals surface area contributed by atoms with Gasteiger partial charge in [0.05, 0.1) is 0 Å². The fourth-order valence-corrected chi connectivity index (χ4v) is 2.73. The largest absolute Gasteiger partial charge is 0.358 e. The maximum atomic E-state index is 3.58. The molecule has 0 saturated heterocycles. The summed E-state index contributed by atoms with van der Waals surface area (Å²) >= 11 is 0. The molecule has 98 valence electrons. The number of hydrogen-bond acceptors (Lipinski definition) is 1. The SMILES string of the molecule is CC(C)c1ccc2[nH]c3c(c2c1)CN(C)CC3.Cl. The molecular weight excluding hydrogens is 244 g/mol. The highest BCUT2D eigenvalue weighted by Crippen LogP contribution is 2.29. The van der Waals surface area contributed by atoms with Crippen molar-refractivity contribution in [3.05, 3.63) is 35.0 Å². The van der Waals surface area contributed by atoms with Crippen LogP contribution in [-0.2, 0) is 13.0 Å². The smallest absolute Gasteiger partial charge is 0.0459 e. The number of hydrogen-bond donors (Lipinski definition) is 1. The van der Waals surface area contributed by atoms with Crippen LogP contribution in [0.4, 0.5) is 0 Å². The van der Waals surface area contributed by atoms with E-state index in [1.807, 2.05) is 0 Å². The third-order valence-electron chi connectivity index (χ3n) is 3.86.